The molecule has 0 bridgehead atoms. The molecule has 2 unspecified atom stereocenters. The van der Waals surface area contributed by atoms with Gasteiger partial charge in [0, 0.05) is 6.04 Å². The van der Waals surface area contributed by atoms with Gasteiger partial charge in [0.25, 0.3) is 0 Å². The average molecular weight is 288 g/mol. The molecule has 3 N–H and O–H groups in total. The molecule has 1 heterocycles. The number of carbonyl (C=O) groups is 1. The van der Waals surface area contributed by atoms with Crippen molar-refractivity contribution in [3.8, 4) is 0 Å². The lowest BCUT2D eigenvalue weighted by atomic mass is 9.89. The molecule has 0 saturated carbocycles. The molecular formula is C13H15F3N2O2. The predicted molar refractivity (Wildman–Crippen MR) is 67.7 cm³/mol. The van der Waals surface area contributed by atoms with Gasteiger partial charge in [-0.05, 0) is 36.6 Å². The van der Waals surface area contributed by atoms with Crippen LogP contribution in [0, 0.1) is 0 Å². The van der Waals surface area contributed by atoms with Crippen molar-refractivity contribution in [2.75, 3.05) is 4.90 Å². The first-order valence-corrected chi connectivity index (χ1v) is 6.23. The fourth-order valence-electron chi connectivity index (χ4n) is 2.65. The lowest BCUT2D eigenvalue weighted by Crippen LogP contribution is -2.54. The molecule has 0 saturated heterocycles. The van der Waals surface area contributed by atoms with E-state index in [0.29, 0.717) is 17.7 Å². The van der Waals surface area contributed by atoms with Crippen LogP contribution in [0.15, 0.2) is 18.2 Å². The Balaban J connectivity index is 2.51. The number of anilines is 1. The molecule has 2 atom stereocenters. The van der Waals surface area contributed by atoms with E-state index < -0.39 is 29.9 Å². The maximum absolute atomic E-state index is 12.7. The highest BCUT2D eigenvalue weighted by atomic mass is 19.4. The second kappa shape index (κ2) is 4.97. The standard InChI is InChI=1S/C13H15F3N2O2/c1-2-10-9(17)6-7-5-8(13(14,15)16)3-4-11(7)18(10)12(19)20/h3-5,9-10H,2,6,17H2,1H3,(H,19,20). The van der Waals surface area contributed by atoms with Crippen molar-refractivity contribution in [3.63, 3.8) is 0 Å². The summed E-state index contributed by atoms with van der Waals surface area (Å²) in [6.45, 7) is 1.80. The monoisotopic (exact) mass is 288 g/mol. The van der Waals surface area contributed by atoms with E-state index in [0.717, 1.165) is 17.0 Å². The van der Waals surface area contributed by atoms with Gasteiger partial charge in [-0.25, -0.2) is 4.79 Å². The quantitative estimate of drug-likeness (QED) is 0.835. The lowest BCUT2D eigenvalue weighted by molar-refractivity contribution is -0.137. The summed E-state index contributed by atoms with van der Waals surface area (Å²) < 4.78 is 38.1. The average Bonchev–Trinajstić information content (AvgIpc) is 2.34. The Morgan fingerprint density at radius 3 is 2.65 bits per heavy atom. The zero-order chi connectivity index (χ0) is 15.1. The van der Waals surface area contributed by atoms with Gasteiger partial charge in [0.1, 0.15) is 0 Å². The van der Waals surface area contributed by atoms with E-state index in [1.807, 2.05) is 0 Å². The minimum absolute atomic E-state index is 0.238. The van der Waals surface area contributed by atoms with Gasteiger partial charge in [-0.1, -0.05) is 6.92 Å². The minimum atomic E-state index is -4.45. The van der Waals surface area contributed by atoms with E-state index in [1.165, 1.54) is 6.07 Å². The Hall–Kier alpha value is -1.76. The molecule has 1 aromatic carbocycles. The molecule has 0 aliphatic carbocycles. The van der Waals surface area contributed by atoms with E-state index in [4.69, 9.17) is 5.73 Å². The molecule has 1 aromatic rings. The summed E-state index contributed by atoms with van der Waals surface area (Å²) in [4.78, 5) is 12.4. The normalized spacial score (nSPS) is 22.6. The number of rotatable bonds is 1. The summed E-state index contributed by atoms with van der Waals surface area (Å²) in [5.41, 5.74) is 5.73. The predicted octanol–water partition coefficient (Wildman–Crippen LogP) is 2.85. The molecule has 1 aliphatic rings. The zero-order valence-corrected chi connectivity index (χ0v) is 10.8. The third-order valence-electron chi connectivity index (χ3n) is 3.57. The van der Waals surface area contributed by atoms with Crippen LogP contribution < -0.4 is 10.6 Å². The van der Waals surface area contributed by atoms with Crippen LogP contribution in [-0.2, 0) is 12.6 Å². The number of amides is 1. The second-order valence-corrected chi connectivity index (χ2v) is 4.84. The van der Waals surface area contributed by atoms with Crippen LogP contribution >= 0.6 is 0 Å². The number of alkyl halides is 3. The van der Waals surface area contributed by atoms with E-state index in [2.05, 4.69) is 0 Å². The third-order valence-corrected chi connectivity index (χ3v) is 3.57. The van der Waals surface area contributed by atoms with Gasteiger partial charge in [-0.3, -0.25) is 4.90 Å². The number of hydrogen-bond donors (Lipinski definition) is 2. The molecule has 20 heavy (non-hydrogen) atoms. The molecule has 0 radical (unpaired) electrons. The number of nitrogens with two attached hydrogens (primary N) is 1. The fourth-order valence-corrected chi connectivity index (χ4v) is 2.65. The largest absolute Gasteiger partial charge is 0.465 e. The second-order valence-electron chi connectivity index (χ2n) is 4.84. The van der Waals surface area contributed by atoms with Crippen LogP contribution in [0.2, 0.25) is 0 Å². The molecule has 1 aliphatic heterocycles. The van der Waals surface area contributed by atoms with E-state index in [9.17, 15) is 23.1 Å². The van der Waals surface area contributed by atoms with Gasteiger partial charge in [-0.15, -0.1) is 0 Å². The topological polar surface area (TPSA) is 66.6 Å². The van der Waals surface area contributed by atoms with Crippen LogP contribution in [0.5, 0.6) is 0 Å². The van der Waals surface area contributed by atoms with Crippen molar-refractivity contribution in [2.45, 2.75) is 38.0 Å². The summed E-state index contributed by atoms with van der Waals surface area (Å²) in [6.07, 6.45) is -4.91. The van der Waals surface area contributed by atoms with Crippen LogP contribution in [0.3, 0.4) is 0 Å². The number of fused-ring (bicyclic) bond motifs is 1. The van der Waals surface area contributed by atoms with Crippen molar-refractivity contribution in [1.82, 2.24) is 0 Å². The van der Waals surface area contributed by atoms with Crippen molar-refractivity contribution in [2.24, 2.45) is 5.73 Å². The molecule has 2 rings (SSSR count). The first-order chi connectivity index (χ1) is 9.25. The number of halogens is 3. The van der Waals surface area contributed by atoms with Gasteiger partial charge in [0.05, 0.1) is 17.3 Å². The smallest absolute Gasteiger partial charge is 0.416 e. The van der Waals surface area contributed by atoms with Crippen molar-refractivity contribution < 1.29 is 23.1 Å². The van der Waals surface area contributed by atoms with Crippen LogP contribution in [0.4, 0.5) is 23.7 Å². The Morgan fingerprint density at radius 1 is 1.50 bits per heavy atom. The van der Waals surface area contributed by atoms with E-state index >= 15 is 0 Å². The number of hydrogen-bond acceptors (Lipinski definition) is 2. The lowest BCUT2D eigenvalue weighted by Gasteiger charge is -2.39. The molecule has 4 nitrogen and oxygen atoms in total. The van der Waals surface area contributed by atoms with Gasteiger partial charge >= 0.3 is 12.3 Å². The Morgan fingerprint density at radius 2 is 2.15 bits per heavy atom. The third kappa shape index (κ3) is 2.45. The minimum Gasteiger partial charge on any atom is -0.465 e. The van der Waals surface area contributed by atoms with Gasteiger partial charge in [-0.2, -0.15) is 13.2 Å². The van der Waals surface area contributed by atoms with Crippen molar-refractivity contribution >= 4 is 11.8 Å². The van der Waals surface area contributed by atoms with Gasteiger partial charge in [0.15, 0.2) is 0 Å². The highest BCUT2D eigenvalue weighted by Crippen LogP contribution is 2.37. The van der Waals surface area contributed by atoms with E-state index in [1.54, 1.807) is 6.92 Å². The first-order valence-electron chi connectivity index (χ1n) is 6.23. The van der Waals surface area contributed by atoms with Crippen LogP contribution in [0.1, 0.15) is 24.5 Å². The number of carboxylic acid groups (broad SMARTS) is 1. The summed E-state index contributed by atoms with van der Waals surface area (Å²) in [6, 6.07) is 2.17. The highest BCUT2D eigenvalue weighted by Gasteiger charge is 2.37. The zero-order valence-electron chi connectivity index (χ0n) is 10.8. The molecule has 1 amide bonds. The van der Waals surface area contributed by atoms with Crippen molar-refractivity contribution in [3.05, 3.63) is 29.3 Å². The maximum atomic E-state index is 12.7. The molecule has 0 spiro atoms. The molecular weight excluding hydrogens is 273 g/mol. The highest BCUT2D eigenvalue weighted by molar-refractivity contribution is 5.89. The van der Waals surface area contributed by atoms with Crippen LogP contribution in [-0.4, -0.2) is 23.3 Å². The SMILES string of the molecule is CCC1C(N)Cc2cc(C(F)(F)F)ccc2N1C(=O)O. The summed E-state index contributed by atoms with van der Waals surface area (Å²) in [5.74, 6) is 0. The molecule has 110 valence electrons. The Bertz CT molecular complexity index is 531. The Kier molecular flexibility index (Phi) is 3.64. The van der Waals surface area contributed by atoms with Gasteiger partial charge < -0.3 is 10.8 Å². The van der Waals surface area contributed by atoms with Crippen molar-refractivity contribution in [1.29, 1.82) is 0 Å². The fraction of sp³-hybridized carbons (Fsp3) is 0.462. The molecule has 7 heteroatoms. The number of nitrogens with zero attached hydrogens (tertiary/aromatic N) is 1. The molecule has 0 fully saturated rings. The summed E-state index contributed by atoms with van der Waals surface area (Å²) in [5, 5.41) is 9.28. The first kappa shape index (κ1) is 14.6. The number of benzene rings is 1. The van der Waals surface area contributed by atoms with Crippen LogP contribution in [0.25, 0.3) is 0 Å². The summed E-state index contributed by atoms with van der Waals surface area (Å²) in [7, 11) is 0. The van der Waals surface area contributed by atoms with E-state index in [-0.39, 0.29) is 6.42 Å². The van der Waals surface area contributed by atoms with Gasteiger partial charge in [0.2, 0.25) is 0 Å². The summed E-state index contributed by atoms with van der Waals surface area (Å²) >= 11 is 0. The Labute approximate surface area is 114 Å². The maximum Gasteiger partial charge on any atom is 0.416 e. The molecule has 0 aromatic heterocycles.